The molecular weight excluding hydrogens is 192 g/mol. The molecule has 0 spiro atoms. The summed E-state index contributed by atoms with van der Waals surface area (Å²) in [7, 11) is 0. The first-order chi connectivity index (χ1) is 7.59. The van der Waals surface area contributed by atoms with Crippen LogP contribution in [0.15, 0.2) is 60.7 Å². The smallest absolute Gasteiger partial charge is 0.0184 e. The number of allylic oxidation sites excluding steroid dienone is 4. The zero-order chi connectivity index (χ0) is 12.0. The first-order valence-corrected chi connectivity index (χ1v) is 5.36. The molecule has 0 saturated carbocycles. The fraction of sp³-hybridized carbons (Fsp3) is 0.125. The van der Waals surface area contributed by atoms with Gasteiger partial charge in [0.1, 0.15) is 0 Å². The minimum Gasteiger partial charge on any atom is -0.0961 e. The molecule has 0 N–H and O–H groups in total. The monoisotopic (exact) mass is 210 g/mol. The van der Waals surface area contributed by atoms with Gasteiger partial charge < -0.3 is 0 Å². The molecule has 0 aliphatic carbocycles. The maximum absolute atomic E-state index is 3.86. The van der Waals surface area contributed by atoms with Crippen molar-refractivity contribution in [3.8, 4) is 0 Å². The van der Waals surface area contributed by atoms with E-state index in [4.69, 9.17) is 0 Å². The van der Waals surface area contributed by atoms with Gasteiger partial charge in [-0.2, -0.15) is 0 Å². The molecule has 0 aliphatic heterocycles. The molecule has 1 rings (SSSR count). The van der Waals surface area contributed by atoms with Crippen LogP contribution in [0, 0.1) is 0 Å². The molecule has 1 aromatic carbocycles. The van der Waals surface area contributed by atoms with Crippen LogP contribution in [0.5, 0.6) is 0 Å². The van der Waals surface area contributed by atoms with Crippen molar-refractivity contribution in [2.45, 2.75) is 13.8 Å². The van der Waals surface area contributed by atoms with Gasteiger partial charge in [0.05, 0.1) is 0 Å². The molecule has 0 fully saturated rings. The van der Waals surface area contributed by atoms with Crippen LogP contribution >= 0.6 is 0 Å². The number of benzene rings is 1. The van der Waals surface area contributed by atoms with Crippen LogP contribution in [0.3, 0.4) is 0 Å². The van der Waals surface area contributed by atoms with Crippen LogP contribution < -0.4 is 0 Å². The molecule has 16 heavy (non-hydrogen) atoms. The minimum atomic E-state index is 1.05. The fourth-order valence-electron chi connectivity index (χ4n) is 1.28. The summed E-state index contributed by atoms with van der Waals surface area (Å²) in [6.07, 6.45) is 8.21. The Labute approximate surface area is 98.3 Å². The average molecular weight is 210 g/mol. The topological polar surface area (TPSA) is 0 Å². The van der Waals surface area contributed by atoms with Crippen molar-refractivity contribution in [3.05, 3.63) is 71.8 Å². The molecule has 1 aromatic rings. The second kappa shape index (κ2) is 5.92. The van der Waals surface area contributed by atoms with Crippen molar-refractivity contribution in [3.63, 3.8) is 0 Å². The molecule has 0 atom stereocenters. The van der Waals surface area contributed by atoms with Crippen molar-refractivity contribution in [2.24, 2.45) is 0 Å². The molecule has 0 aromatic heterocycles. The lowest BCUT2D eigenvalue weighted by Crippen LogP contribution is -1.79. The molecule has 0 aliphatic rings. The maximum Gasteiger partial charge on any atom is -0.0184 e. The van der Waals surface area contributed by atoms with E-state index in [0.29, 0.717) is 0 Å². The highest BCUT2D eigenvalue weighted by molar-refractivity contribution is 5.67. The third kappa shape index (κ3) is 4.14. The number of hydrogen-bond donors (Lipinski definition) is 0. The molecule has 0 nitrogen and oxygen atoms in total. The Hall–Kier alpha value is -1.82. The van der Waals surface area contributed by atoms with Gasteiger partial charge >= 0.3 is 0 Å². The summed E-state index contributed by atoms with van der Waals surface area (Å²) in [4.78, 5) is 0. The van der Waals surface area contributed by atoms with Crippen molar-refractivity contribution in [2.75, 3.05) is 0 Å². The largest absolute Gasteiger partial charge is 0.0961 e. The minimum absolute atomic E-state index is 1.05. The molecule has 0 radical (unpaired) electrons. The van der Waals surface area contributed by atoms with Gasteiger partial charge in [0, 0.05) is 0 Å². The molecule has 0 amide bonds. The average Bonchev–Trinajstić information content (AvgIpc) is 2.24. The molecular formula is C16H18. The summed E-state index contributed by atoms with van der Waals surface area (Å²) in [5.41, 5.74) is 4.50. The Bertz CT molecular complexity index is 402. The van der Waals surface area contributed by atoms with Crippen LogP contribution in [0.1, 0.15) is 25.0 Å². The van der Waals surface area contributed by atoms with Gasteiger partial charge in [-0.1, -0.05) is 72.9 Å². The second-order valence-electron chi connectivity index (χ2n) is 3.99. The third-order valence-corrected chi connectivity index (χ3v) is 2.09. The standard InChI is InChI=1S/C16H18/c1-13(2)9-11-15-7-5-6-8-16(15)12-10-14(3)4/h5-12H,1,3H2,2,4H3. The predicted octanol–water partition coefficient (Wildman–Crippen LogP) is 4.87. The summed E-state index contributed by atoms with van der Waals surface area (Å²) in [5.74, 6) is 0. The van der Waals surface area contributed by atoms with Gasteiger partial charge in [-0.25, -0.2) is 0 Å². The van der Waals surface area contributed by atoms with E-state index in [9.17, 15) is 0 Å². The summed E-state index contributed by atoms with van der Waals surface area (Å²) in [6, 6.07) is 8.27. The van der Waals surface area contributed by atoms with E-state index in [1.165, 1.54) is 11.1 Å². The molecule has 0 unspecified atom stereocenters. The van der Waals surface area contributed by atoms with E-state index >= 15 is 0 Å². The Morgan fingerprint density at radius 1 is 0.875 bits per heavy atom. The molecule has 0 bridgehead atoms. The van der Waals surface area contributed by atoms with Crippen LogP contribution in [0.25, 0.3) is 12.2 Å². The lowest BCUT2D eigenvalue weighted by molar-refractivity contribution is 1.54. The summed E-state index contributed by atoms with van der Waals surface area (Å²) in [5, 5.41) is 0. The Morgan fingerprint density at radius 2 is 1.25 bits per heavy atom. The molecule has 0 heterocycles. The number of hydrogen-bond acceptors (Lipinski definition) is 0. The first-order valence-electron chi connectivity index (χ1n) is 5.36. The van der Waals surface area contributed by atoms with Crippen molar-refractivity contribution in [1.82, 2.24) is 0 Å². The summed E-state index contributed by atoms with van der Waals surface area (Å²) >= 11 is 0. The van der Waals surface area contributed by atoms with Crippen LogP contribution in [-0.2, 0) is 0 Å². The van der Waals surface area contributed by atoms with Gasteiger partial charge in [0.25, 0.3) is 0 Å². The third-order valence-electron chi connectivity index (χ3n) is 2.09. The Morgan fingerprint density at radius 3 is 1.56 bits per heavy atom. The first kappa shape index (κ1) is 12.3. The van der Waals surface area contributed by atoms with Crippen LogP contribution in [-0.4, -0.2) is 0 Å². The van der Waals surface area contributed by atoms with Gasteiger partial charge in [0.2, 0.25) is 0 Å². The van der Waals surface area contributed by atoms with E-state index in [0.717, 1.165) is 11.1 Å². The van der Waals surface area contributed by atoms with Crippen molar-refractivity contribution < 1.29 is 0 Å². The van der Waals surface area contributed by atoms with Gasteiger partial charge in [0.15, 0.2) is 0 Å². The van der Waals surface area contributed by atoms with E-state index in [1.807, 2.05) is 38.1 Å². The lowest BCUT2D eigenvalue weighted by atomic mass is 10.1. The lowest BCUT2D eigenvalue weighted by Gasteiger charge is -2.00. The van der Waals surface area contributed by atoms with Crippen molar-refractivity contribution >= 4 is 12.2 Å². The quantitative estimate of drug-likeness (QED) is 0.622. The van der Waals surface area contributed by atoms with Gasteiger partial charge in [-0.3, -0.25) is 0 Å². The van der Waals surface area contributed by atoms with E-state index in [1.54, 1.807) is 0 Å². The zero-order valence-electron chi connectivity index (χ0n) is 10.0. The molecule has 82 valence electrons. The maximum atomic E-state index is 3.86. The van der Waals surface area contributed by atoms with Crippen molar-refractivity contribution in [1.29, 1.82) is 0 Å². The highest BCUT2D eigenvalue weighted by Crippen LogP contribution is 2.14. The zero-order valence-corrected chi connectivity index (χ0v) is 10.0. The SMILES string of the molecule is C=C(C)C=Cc1ccccc1C=CC(=C)C. The Kier molecular flexibility index (Phi) is 4.53. The van der Waals surface area contributed by atoms with E-state index < -0.39 is 0 Å². The van der Waals surface area contributed by atoms with E-state index in [-0.39, 0.29) is 0 Å². The molecule has 0 heteroatoms. The fourth-order valence-corrected chi connectivity index (χ4v) is 1.28. The normalized spacial score (nSPS) is 11.1. The van der Waals surface area contributed by atoms with Gasteiger partial charge in [-0.15, -0.1) is 0 Å². The predicted molar refractivity (Wildman–Crippen MR) is 74.1 cm³/mol. The highest BCUT2D eigenvalue weighted by Gasteiger charge is 1.93. The highest BCUT2D eigenvalue weighted by atomic mass is 14.0. The Balaban J connectivity index is 3.00. The van der Waals surface area contributed by atoms with Crippen LogP contribution in [0.2, 0.25) is 0 Å². The summed E-state index contributed by atoms with van der Waals surface area (Å²) in [6.45, 7) is 11.7. The summed E-state index contributed by atoms with van der Waals surface area (Å²) < 4.78 is 0. The van der Waals surface area contributed by atoms with E-state index in [2.05, 4.69) is 37.4 Å². The molecule has 0 saturated heterocycles. The number of rotatable bonds is 4. The second-order valence-corrected chi connectivity index (χ2v) is 3.99. The van der Waals surface area contributed by atoms with Crippen LogP contribution in [0.4, 0.5) is 0 Å². The van der Waals surface area contributed by atoms with Gasteiger partial charge in [-0.05, 0) is 25.0 Å².